The Morgan fingerprint density at radius 3 is 2.50 bits per heavy atom. The molecular formula is C4H7ClO. The molecule has 1 rings (SSSR count). The van der Waals surface area contributed by atoms with Crippen LogP contribution in [0.4, 0.5) is 0 Å². The summed E-state index contributed by atoms with van der Waals surface area (Å²) in [7, 11) is 0. The summed E-state index contributed by atoms with van der Waals surface area (Å²) in [5.41, 5.74) is 0. The van der Waals surface area contributed by atoms with Gasteiger partial charge >= 0.3 is 0 Å². The molecule has 0 aromatic rings. The predicted molar refractivity (Wildman–Crippen MR) is 25.1 cm³/mol. The second kappa shape index (κ2) is 1.39. The van der Waals surface area contributed by atoms with Gasteiger partial charge < -0.3 is 4.74 Å². The van der Waals surface area contributed by atoms with E-state index in [0.29, 0.717) is 6.10 Å². The average Bonchev–Trinajstić information content (AvgIpc) is 2.06. The average molecular weight is 107 g/mol. The summed E-state index contributed by atoms with van der Waals surface area (Å²) in [4.78, 5) is 0. The zero-order chi connectivity index (χ0) is 4.57. The first-order valence-electron chi connectivity index (χ1n) is 2.06. The van der Waals surface area contributed by atoms with Gasteiger partial charge in [0.05, 0.1) is 18.1 Å². The maximum atomic E-state index is 5.55. The van der Waals surface area contributed by atoms with Crippen molar-refractivity contribution < 1.29 is 4.74 Å². The highest BCUT2D eigenvalue weighted by molar-refractivity contribution is 6.20. The van der Waals surface area contributed by atoms with E-state index in [2.05, 4.69) is 0 Å². The number of ether oxygens (including phenoxy) is 1. The molecule has 2 heteroatoms. The van der Waals surface area contributed by atoms with Crippen LogP contribution in [0.1, 0.15) is 6.92 Å². The molecule has 0 spiro atoms. The minimum absolute atomic E-state index is 0.213. The van der Waals surface area contributed by atoms with Crippen LogP contribution < -0.4 is 0 Å². The van der Waals surface area contributed by atoms with E-state index in [4.69, 9.17) is 16.3 Å². The first kappa shape index (κ1) is 4.41. The van der Waals surface area contributed by atoms with E-state index in [1.54, 1.807) is 0 Å². The number of alkyl halides is 1. The van der Waals surface area contributed by atoms with Gasteiger partial charge in [-0.15, -0.1) is 11.6 Å². The molecule has 0 aliphatic carbocycles. The van der Waals surface area contributed by atoms with Gasteiger partial charge in [-0.05, 0) is 6.92 Å². The third-order valence-electron chi connectivity index (χ3n) is 0.871. The number of rotatable bonds is 1. The van der Waals surface area contributed by atoms with E-state index < -0.39 is 0 Å². The molecule has 0 aromatic carbocycles. The molecular weight excluding hydrogens is 99.5 g/mol. The van der Waals surface area contributed by atoms with Crippen LogP contribution in [0.15, 0.2) is 0 Å². The lowest BCUT2D eigenvalue weighted by molar-refractivity contribution is 0.406. The van der Waals surface area contributed by atoms with Crippen molar-refractivity contribution in [1.82, 2.24) is 0 Å². The van der Waals surface area contributed by atoms with Crippen LogP contribution in [0.5, 0.6) is 0 Å². The molecule has 0 bridgehead atoms. The highest BCUT2D eigenvalue weighted by atomic mass is 35.5. The molecule has 1 nitrogen and oxygen atoms in total. The standard InChI is InChI=1S/C4H7ClO/c1-3(5)4-2-6-4/h3-4H,2H2,1H3/t3-,4-/m0/s1. The van der Waals surface area contributed by atoms with Crippen LogP contribution in [0.3, 0.4) is 0 Å². The fraction of sp³-hybridized carbons (Fsp3) is 1.00. The van der Waals surface area contributed by atoms with E-state index >= 15 is 0 Å². The summed E-state index contributed by atoms with van der Waals surface area (Å²) in [6.45, 7) is 2.81. The zero-order valence-electron chi connectivity index (χ0n) is 3.65. The molecule has 1 saturated heterocycles. The maximum absolute atomic E-state index is 5.55. The van der Waals surface area contributed by atoms with Gasteiger partial charge in [0.15, 0.2) is 0 Å². The second-order valence-electron chi connectivity index (χ2n) is 1.55. The lowest BCUT2D eigenvalue weighted by atomic mass is 10.4. The minimum Gasteiger partial charge on any atom is -0.372 e. The Bertz CT molecular complexity index is 49.5. The van der Waals surface area contributed by atoms with Crippen LogP contribution in [0.25, 0.3) is 0 Å². The lowest BCUT2D eigenvalue weighted by Gasteiger charge is -1.88. The number of epoxide rings is 1. The van der Waals surface area contributed by atoms with Crippen molar-refractivity contribution in [3.05, 3.63) is 0 Å². The van der Waals surface area contributed by atoms with Gasteiger partial charge in [0.1, 0.15) is 0 Å². The van der Waals surface area contributed by atoms with E-state index in [0.717, 1.165) is 6.61 Å². The highest BCUT2D eigenvalue weighted by Crippen LogP contribution is 2.17. The summed E-state index contributed by atoms with van der Waals surface area (Å²) in [5.74, 6) is 0. The van der Waals surface area contributed by atoms with Crippen molar-refractivity contribution in [2.24, 2.45) is 0 Å². The number of hydrogen-bond acceptors (Lipinski definition) is 1. The van der Waals surface area contributed by atoms with Crippen LogP contribution in [-0.2, 0) is 4.74 Å². The van der Waals surface area contributed by atoms with Gasteiger partial charge in [-0.2, -0.15) is 0 Å². The smallest absolute Gasteiger partial charge is 0.0970 e. The summed E-state index contributed by atoms with van der Waals surface area (Å²) in [5, 5.41) is 0.213. The zero-order valence-corrected chi connectivity index (χ0v) is 4.40. The SMILES string of the molecule is C[C@H](Cl)[C@@H]1CO1. The van der Waals surface area contributed by atoms with Crippen molar-refractivity contribution in [2.45, 2.75) is 18.4 Å². The van der Waals surface area contributed by atoms with Crippen molar-refractivity contribution in [3.63, 3.8) is 0 Å². The van der Waals surface area contributed by atoms with E-state index in [1.807, 2.05) is 6.92 Å². The monoisotopic (exact) mass is 106 g/mol. The van der Waals surface area contributed by atoms with Crippen LogP contribution in [0.2, 0.25) is 0 Å². The predicted octanol–water partition coefficient (Wildman–Crippen LogP) is 1.01. The third-order valence-corrected chi connectivity index (χ3v) is 1.15. The Hall–Kier alpha value is 0.250. The van der Waals surface area contributed by atoms with E-state index in [-0.39, 0.29) is 5.38 Å². The van der Waals surface area contributed by atoms with Gasteiger partial charge in [0, 0.05) is 0 Å². The summed E-state index contributed by atoms with van der Waals surface area (Å²) >= 11 is 5.55. The Morgan fingerprint density at radius 1 is 2.00 bits per heavy atom. The fourth-order valence-corrected chi connectivity index (χ4v) is 0.466. The van der Waals surface area contributed by atoms with Crippen molar-refractivity contribution in [2.75, 3.05) is 6.61 Å². The summed E-state index contributed by atoms with van der Waals surface area (Å²) in [6, 6.07) is 0. The topological polar surface area (TPSA) is 12.5 Å². The molecule has 2 atom stereocenters. The van der Waals surface area contributed by atoms with Gasteiger partial charge in [0.25, 0.3) is 0 Å². The first-order chi connectivity index (χ1) is 2.80. The van der Waals surface area contributed by atoms with Crippen molar-refractivity contribution >= 4 is 11.6 Å². The largest absolute Gasteiger partial charge is 0.372 e. The highest BCUT2D eigenvalue weighted by Gasteiger charge is 2.27. The molecule has 0 amide bonds. The van der Waals surface area contributed by atoms with Gasteiger partial charge in [-0.1, -0.05) is 0 Å². The molecule has 1 heterocycles. The molecule has 36 valence electrons. The molecule has 0 radical (unpaired) electrons. The van der Waals surface area contributed by atoms with Crippen molar-refractivity contribution in [1.29, 1.82) is 0 Å². The van der Waals surface area contributed by atoms with Crippen LogP contribution >= 0.6 is 11.6 Å². The van der Waals surface area contributed by atoms with Crippen molar-refractivity contribution in [3.8, 4) is 0 Å². The third kappa shape index (κ3) is 0.854. The van der Waals surface area contributed by atoms with Crippen LogP contribution in [0, 0.1) is 0 Å². The lowest BCUT2D eigenvalue weighted by Crippen LogP contribution is -1.98. The Morgan fingerprint density at radius 2 is 2.50 bits per heavy atom. The molecule has 1 fully saturated rings. The molecule has 6 heavy (non-hydrogen) atoms. The maximum Gasteiger partial charge on any atom is 0.0970 e. The number of halogens is 1. The second-order valence-corrected chi connectivity index (χ2v) is 2.24. The quantitative estimate of drug-likeness (QED) is 0.359. The van der Waals surface area contributed by atoms with Gasteiger partial charge in [-0.3, -0.25) is 0 Å². The van der Waals surface area contributed by atoms with Gasteiger partial charge in [-0.25, -0.2) is 0 Å². The number of hydrogen-bond donors (Lipinski definition) is 0. The molecule has 0 N–H and O–H groups in total. The Balaban J connectivity index is 2.13. The Labute approximate surface area is 42.2 Å². The van der Waals surface area contributed by atoms with E-state index in [1.165, 1.54) is 0 Å². The van der Waals surface area contributed by atoms with E-state index in [9.17, 15) is 0 Å². The molecule has 0 aromatic heterocycles. The molecule has 0 unspecified atom stereocenters. The normalized spacial score (nSPS) is 36.0. The molecule has 0 saturated carbocycles. The summed E-state index contributed by atoms with van der Waals surface area (Å²) in [6.07, 6.45) is 0.367. The fourth-order valence-electron chi connectivity index (χ4n) is 0.321. The minimum atomic E-state index is 0.213. The van der Waals surface area contributed by atoms with Gasteiger partial charge in [0.2, 0.25) is 0 Å². The summed E-state index contributed by atoms with van der Waals surface area (Å²) < 4.78 is 4.84. The van der Waals surface area contributed by atoms with Crippen LogP contribution in [-0.4, -0.2) is 18.1 Å². The first-order valence-corrected chi connectivity index (χ1v) is 2.50. The Kier molecular flexibility index (Phi) is 1.02. The molecule has 1 aliphatic rings. The molecule has 1 aliphatic heterocycles.